The number of hydrazine groups is 1. The van der Waals surface area contributed by atoms with Gasteiger partial charge in [-0.15, -0.1) is 12.3 Å². The van der Waals surface area contributed by atoms with Crippen LogP contribution in [0.3, 0.4) is 0 Å². The number of rotatable bonds is 6. The molecule has 1 saturated carbocycles. The van der Waals surface area contributed by atoms with Crippen molar-refractivity contribution >= 4 is 0 Å². The molecule has 0 heterocycles. The van der Waals surface area contributed by atoms with Crippen LogP contribution in [0.4, 0.5) is 0 Å². The van der Waals surface area contributed by atoms with Crippen LogP contribution >= 0.6 is 0 Å². The summed E-state index contributed by atoms with van der Waals surface area (Å²) in [6, 6.07) is 0.331. The first-order valence-electron chi connectivity index (χ1n) is 6.71. The molecule has 16 heavy (non-hydrogen) atoms. The van der Waals surface area contributed by atoms with Crippen molar-refractivity contribution in [3.8, 4) is 12.3 Å². The monoisotopic (exact) mass is 222 g/mol. The van der Waals surface area contributed by atoms with Crippen molar-refractivity contribution in [2.45, 2.75) is 64.3 Å². The molecule has 0 radical (unpaired) electrons. The second-order valence-electron chi connectivity index (χ2n) is 5.10. The highest BCUT2D eigenvalue weighted by atomic mass is 15.2. The molecule has 1 aliphatic carbocycles. The molecule has 0 spiro atoms. The first-order valence-corrected chi connectivity index (χ1v) is 6.71. The zero-order valence-corrected chi connectivity index (χ0v) is 10.5. The van der Waals surface area contributed by atoms with Gasteiger partial charge in [0.05, 0.1) is 0 Å². The third-order valence-corrected chi connectivity index (χ3v) is 3.98. The summed E-state index contributed by atoms with van der Waals surface area (Å²) in [5.41, 5.74) is 2.89. The average Bonchev–Trinajstić information content (AvgIpc) is 2.34. The molecule has 1 unspecified atom stereocenters. The topological polar surface area (TPSA) is 38.0 Å². The molecule has 0 aromatic rings. The maximum absolute atomic E-state index is 5.56. The average molecular weight is 222 g/mol. The summed E-state index contributed by atoms with van der Waals surface area (Å²) in [5, 5.41) is 0. The molecule has 0 bridgehead atoms. The zero-order valence-electron chi connectivity index (χ0n) is 10.5. The molecular formula is C14H26N2. The Kier molecular flexibility index (Phi) is 6.52. The number of hydrogen-bond acceptors (Lipinski definition) is 2. The number of hydrogen-bond donors (Lipinski definition) is 2. The highest BCUT2D eigenvalue weighted by molar-refractivity contribution is 4.93. The minimum atomic E-state index is 0.331. The highest BCUT2D eigenvalue weighted by Crippen LogP contribution is 2.33. The van der Waals surface area contributed by atoms with Crippen molar-refractivity contribution in [2.24, 2.45) is 17.7 Å². The Labute approximate surface area is 100 Å². The summed E-state index contributed by atoms with van der Waals surface area (Å²) >= 11 is 0. The van der Waals surface area contributed by atoms with Gasteiger partial charge in [0, 0.05) is 12.5 Å². The van der Waals surface area contributed by atoms with Gasteiger partial charge in [0.2, 0.25) is 0 Å². The smallest absolute Gasteiger partial charge is 0.0348 e. The van der Waals surface area contributed by atoms with Gasteiger partial charge in [0.1, 0.15) is 0 Å². The predicted molar refractivity (Wildman–Crippen MR) is 69.5 cm³/mol. The fraction of sp³-hybridized carbons (Fsp3) is 0.857. The Hall–Kier alpha value is -0.520. The summed E-state index contributed by atoms with van der Waals surface area (Å²) in [6.45, 7) is 2.27. The molecule has 0 aliphatic heterocycles. The number of nitrogens with two attached hydrogens (primary N) is 1. The lowest BCUT2D eigenvalue weighted by Gasteiger charge is -2.32. The molecule has 2 nitrogen and oxygen atoms in total. The molecule has 0 aromatic heterocycles. The van der Waals surface area contributed by atoms with Crippen LogP contribution < -0.4 is 11.3 Å². The lowest BCUT2D eigenvalue weighted by molar-refractivity contribution is 0.214. The van der Waals surface area contributed by atoms with E-state index in [-0.39, 0.29) is 0 Å². The van der Waals surface area contributed by atoms with Crippen molar-refractivity contribution in [1.29, 1.82) is 0 Å². The van der Waals surface area contributed by atoms with E-state index in [4.69, 9.17) is 12.3 Å². The van der Waals surface area contributed by atoms with E-state index < -0.39 is 0 Å². The summed E-state index contributed by atoms with van der Waals surface area (Å²) in [5.74, 6) is 9.93. The Balaban J connectivity index is 2.27. The van der Waals surface area contributed by atoms with Crippen LogP contribution in [0.25, 0.3) is 0 Å². The van der Waals surface area contributed by atoms with Gasteiger partial charge >= 0.3 is 0 Å². The second kappa shape index (κ2) is 7.70. The van der Waals surface area contributed by atoms with Gasteiger partial charge in [0.25, 0.3) is 0 Å². The van der Waals surface area contributed by atoms with Gasteiger partial charge in [-0.3, -0.25) is 11.3 Å². The van der Waals surface area contributed by atoms with Crippen LogP contribution in [0.5, 0.6) is 0 Å². The quantitative estimate of drug-likeness (QED) is 0.412. The van der Waals surface area contributed by atoms with E-state index in [0.717, 1.165) is 12.3 Å². The second-order valence-corrected chi connectivity index (χ2v) is 5.10. The third kappa shape index (κ3) is 4.15. The van der Waals surface area contributed by atoms with Gasteiger partial charge in [-0.05, 0) is 24.7 Å². The van der Waals surface area contributed by atoms with E-state index in [1.807, 2.05) is 0 Å². The fourth-order valence-electron chi connectivity index (χ4n) is 2.86. The normalized spacial score (nSPS) is 27.3. The molecule has 1 fully saturated rings. The Morgan fingerprint density at radius 2 is 2.06 bits per heavy atom. The van der Waals surface area contributed by atoms with Crippen LogP contribution in [0.1, 0.15) is 58.3 Å². The van der Waals surface area contributed by atoms with Gasteiger partial charge in [0.15, 0.2) is 0 Å². The summed E-state index contributed by atoms with van der Waals surface area (Å²) in [7, 11) is 0. The molecular weight excluding hydrogens is 196 g/mol. The van der Waals surface area contributed by atoms with Crippen LogP contribution in [-0.2, 0) is 0 Å². The zero-order chi connectivity index (χ0) is 11.8. The van der Waals surface area contributed by atoms with Crippen LogP contribution in [0.15, 0.2) is 0 Å². The fourth-order valence-corrected chi connectivity index (χ4v) is 2.86. The molecule has 0 saturated heterocycles. The van der Waals surface area contributed by atoms with E-state index >= 15 is 0 Å². The van der Waals surface area contributed by atoms with Gasteiger partial charge < -0.3 is 0 Å². The van der Waals surface area contributed by atoms with Crippen molar-refractivity contribution in [2.75, 3.05) is 0 Å². The maximum Gasteiger partial charge on any atom is 0.0348 e. The van der Waals surface area contributed by atoms with Crippen LogP contribution in [-0.4, -0.2) is 6.04 Å². The van der Waals surface area contributed by atoms with Gasteiger partial charge in [-0.1, -0.05) is 39.0 Å². The Morgan fingerprint density at radius 3 is 2.56 bits per heavy atom. The largest absolute Gasteiger partial charge is 0.271 e. The van der Waals surface area contributed by atoms with E-state index in [9.17, 15) is 0 Å². The minimum Gasteiger partial charge on any atom is -0.271 e. The molecule has 1 aliphatic rings. The Morgan fingerprint density at radius 1 is 1.38 bits per heavy atom. The first-order chi connectivity index (χ1) is 7.81. The molecule has 0 aromatic carbocycles. The van der Waals surface area contributed by atoms with E-state index in [2.05, 4.69) is 18.3 Å². The first kappa shape index (κ1) is 13.5. The SMILES string of the molecule is C#CCC(NN)C1CCC(CCCC)CC1. The summed E-state index contributed by atoms with van der Waals surface area (Å²) in [6.07, 6.45) is 15.6. The lowest BCUT2D eigenvalue weighted by Crippen LogP contribution is -2.42. The predicted octanol–water partition coefficient (Wildman–Crippen LogP) is 2.84. The van der Waals surface area contributed by atoms with Crippen molar-refractivity contribution in [3.63, 3.8) is 0 Å². The maximum atomic E-state index is 5.56. The third-order valence-electron chi connectivity index (χ3n) is 3.98. The number of unbranched alkanes of at least 4 members (excludes halogenated alkanes) is 1. The van der Waals surface area contributed by atoms with E-state index in [0.29, 0.717) is 12.0 Å². The van der Waals surface area contributed by atoms with Gasteiger partial charge in [-0.2, -0.15) is 0 Å². The molecule has 1 atom stereocenters. The molecule has 2 heteroatoms. The van der Waals surface area contributed by atoms with Gasteiger partial charge in [-0.25, -0.2) is 0 Å². The molecule has 3 N–H and O–H groups in total. The van der Waals surface area contributed by atoms with Crippen LogP contribution in [0.2, 0.25) is 0 Å². The molecule has 1 rings (SSSR count). The van der Waals surface area contributed by atoms with Crippen molar-refractivity contribution in [3.05, 3.63) is 0 Å². The van der Waals surface area contributed by atoms with Crippen molar-refractivity contribution < 1.29 is 0 Å². The summed E-state index contributed by atoms with van der Waals surface area (Å²) < 4.78 is 0. The molecule has 92 valence electrons. The lowest BCUT2D eigenvalue weighted by atomic mass is 9.76. The van der Waals surface area contributed by atoms with Crippen molar-refractivity contribution in [1.82, 2.24) is 5.43 Å². The van der Waals surface area contributed by atoms with E-state index in [1.165, 1.54) is 44.9 Å². The standard InChI is InChI=1S/C14H26N2/c1-3-5-7-12-8-10-13(11-9-12)14(16-15)6-4-2/h2,12-14,16H,3,5-11,15H2,1H3. The molecule has 0 amide bonds. The summed E-state index contributed by atoms with van der Waals surface area (Å²) in [4.78, 5) is 0. The van der Waals surface area contributed by atoms with E-state index in [1.54, 1.807) is 0 Å². The number of nitrogens with one attached hydrogen (secondary N) is 1. The Bertz CT molecular complexity index is 211. The number of terminal acetylenes is 1. The highest BCUT2D eigenvalue weighted by Gasteiger charge is 2.26. The minimum absolute atomic E-state index is 0.331. The van der Waals surface area contributed by atoms with Crippen LogP contribution in [0, 0.1) is 24.2 Å².